The number of piperidine rings is 1. The first-order valence-corrected chi connectivity index (χ1v) is 13.4. The highest BCUT2D eigenvalue weighted by Crippen LogP contribution is 2.70. The molecule has 3 heteroatoms. The fraction of sp³-hybridized carbons (Fsp3) is 1.00. The third-order valence-electron chi connectivity index (χ3n) is 12.3. The first-order chi connectivity index (χ1) is 14.2. The highest BCUT2D eigenvalue weighted by atomic mass is 16.3. The van der Waals surface area contributed by atoms with Crippen LogP contribution in [0.3, 0.4) is 0 Å². The van der Waals surface area contributed by atoms with Gasteiger partial charge in [0.25, 0.3) is 0 Å². The van der Waals surface area contributed by atoms with Crippen molar-refractivity contribution in [2.45, 2.75) is 110 Å². The zero-order chi connectivity index (χ0) is 21.0. The average Bonchev–Trinajstić information content (AvgIpc) is 3.15. The fourth-order valence-electron chi connectivity index (χ4n) is 11.2. The Kier molecular flexibility index (Phi) is 4.58. The van der Waals surface area contributed by atoms with Gasteiger partial charge < -0.3 is 10.8 Å². The Balaban J connectivity index is 1.30. The molecule has 0 aromatic rings. The summed E-state index contributed by atoms with van der Waals surface area (Å²) in [6.45, 7) is 11.4. The van der Waals surface area contributed by atoms with Crippen LogP contribution in [0, 0.1) is 52.3 Å². The molecule has 2 heterocycles. The summed E-state index contributed by atoms with van der Waals surface area (Å²) in [4.78, 5) is 2.82. The molecule has 4 aliphatic carbocycles. The Morgan fingerprint density at radius 3 is 2.47 bits per heavy atom. The van der Waals surface area contributed by atoms with Gasteiger partial charge in [0.15, 0.2) is 0 Å². The Morgan fingerprint density at radius 1 is 0.900 bits per heavy atom. The number of nitrogens with two attached hydrogens (primary N) is 1. The third kappa shape index (κ3) is 2.55. The summed E-state index contributed by atoms with van der Waals surface area (Å²) in [6, 6.07) is 1.63. The predicted molar refractivity (Wildman–Crippen MR) is 122 cm³/mol. The molecule has 2 aliphatic heterocycles. The van der Waals surface area contributed by atoms with E-state index in [2.05, 4.69) is 32.6 Å². The van der Waals surface area contributed by atoms with Crippen LogP contribution in [-0.2, 0) is 0 Å². The molecule has 170 valence electrons. The number of aliphatic hydroxyl groups excluding tert-OH is 1. The van der Waals surface area contributed by atoms with Crippen LogP contribution >= 0.6 is 0 Å². The summed E-state index contributed by atoms with van der Waals surface area (Å²) in [6.07, 6.45) is 12.0. The lowest BCUT2D eigenvalue weighted by molar-refractivity contribution is -0.118. The lowest BCUT2D eigenvalue weighted by Gasteiger charge is -2.61. The number of fused-ring (bicyclic) bond motifs is 9. The maximum atomic E-state index is 11.0. The summed E-state index contributed by atoms with van der Waals surface area (Å²) in [5, 5.41) is 11.0. The van der Waals surface area contributed by atoms with Crippen LogP contribution < -0.4 is 5.73 Å². The molecule has 4 saturated carbocycles. The van der Waals surface area contributed by atoms with Gasteiger partial charge in [-0.15, -0.1) is 0 Å². The summed E-state index contributed by atoms with van der Waals surface area (Å²) in [5.41, 5.74) is 7.47. The number of aliphatic hydroxyl groups is 1. The van der Waals surface area contributed by atoms with Gasteiger partial charge in [0.05, 0.1) is 6.10 Å². The van der Waals surface area contributed by atoms with Gasteiger partial charge in [0, 0.05) is 24.7 Å². The largest absolute Gasteiger partial charge is 0.391 e. The molecule has 6 rings (SSSR count). The van der Waals surface area contributed by atoms with E-state index in [0.717, 1.165) is 42.1 Å². The first-order valence-electron chi connectivity index (χ1n) is 13.4. The van der Waals surface area contributed by atoms with Gasteiger partial charge in [0.1, 0.15) is 0 Å². The van der Waals surface area contributed by atoms with Gasteiger partial charge >= 0.3 is 0 Å². The molecule has 13 atom stereocenters. The van der Waals surface area contributed by atoms with Gasteiger partial charge in [0.2, 0.25) is 0 Å². The van der Waals surface area contributed by atoms with E-state index < -0.39 is 0 Å². The first kappa shape index (κ1) is 20.5. The molecule has 0 spiro atoms. The summed E-state index contributed by atoms with van der Waals surface area (Å²) in [7, 11) is 0. The van der Waals surface area contributed by atoms with Gasteiger partial charge in [-0.25, -0.2) is 0 Å². The van der Waals surface area contributed by atoms with E-state index in [1.165, 1.54) is 57.9 Å². The van der Waals surface area contributed by atoms with Crippen LogP contribution in [0.4, 0.5) is 0 Å². The van der Waals surface area contributed by atoms with Crippen molar-refractivity contribution in [3.63, 3.8) is 0 Å². The van der Waals surface area contributed by atoms with E-state index in [0.29, 0.717) is 34.7 Å². The molecular weight excluding hydrogens is 368 g/mol. The second-order valence-corrected chi connectivity index (χ2v) is 13.5. The monoisotopic (exact) mass is 414 g/mol. The number of hydrogen-bond donors (Lipinski definition) is 2. The van der Waals surface area contributed by atoms with Gasteiger partial charge in [-0.1, -0.05) is 27.7 Å². The number of hydrogen-bond acceptors (Lipinski definition) is 3. The highest BCUT2D eigenvalue weighted by Gasteiger charge is 2.67. The number of nitrogens with zero attached hydrogens (tertiary/aromatic N) is 1. The molecule has 2 saturated heterocycles. The van der Waals surface area contributed by atoms with Crippen LogP contribution in [0.1, 0.15) is 85.5 Å². The van der Waals surface area contributed by atoms with E-state index in [-0.39, 0.29) is 6.10 Å². The van der Waals surface area contributed by atoms with E-state index in [1.807, 2.05) is 0 Å². The van der Waals surface area contributed by atoms with Crippen molar-refractivity contribution in [1.82, 2.24) is 4.90 Å². The minimum atomic E-state index is -0.103. The van der Waals surface area contributed by atoms with Crippen molar-refractivity contribution >= 4 is 0 Å². The summed E-state index contributed by atoms with van der Waals surface area (Å²) < 4.78 is 0. The molecule has 6 fully saturated rings. The van der Waals surface area contributed by atoms with Crippen molar-refractivity contribution in [3.8, 4) is 0 Å². The number of rotatable bonds is 0. The molecule has 0 aromatic carbocycles. The summed E-state index contributed by atoms with van der Waals surface area (Å²) in [5.74, 6) is 5.79. The van der Waals surface area contributed by atoms with Crippen LogP contribution in [0.2, 0.25) is 0 Å². The zero-order valence-corrected chi connectivity index (χ0v) is 19.9. The topological polar surface area (TPSA) is 49.5 Å². The SMILES string of the molecule is C[C@H]1C[C@H](O)[C@@H]2[C@H](C)[C@H]3[C@H](C[C@H]4[C@@H]5CC[C@H]6C[C@@H](N)CC[C@]6(C)[C@H]5CC[C@]34C)N2C1. The molecule has 0 unspecified atom stereocenters. The van der Waals surface area contributed by atoms with E-state index >= 15 is 0 Å². The smallest absolute Gasteiger partial charge is 0.0701 e. The van der Waals surface area contributed by atoms with Crippen molar-refractivity contribution in [2.24, 2.45) is 58.0 Å². The molecule has 6 aliphatic rings. The predicted octanol–water partition coefficient (Wildman–Crippen LogP) is 4.67. The molecule has 0 aromatic heterocycles. The van der Waals surface area contributed by atoms with Crippen molar-refractivity contribution in [2.75, 3.05) is 6.54 Å². The normalized spacial score (nSPS) is 62.8. The van der Waals surface area contributed by atoms with E-state index in [9.17, 15) is 5.11 Å². The Hall–Kier alpha value is -0.120. The quantitative estimate of drug-likeness (QED) is 0.605. The van der Waals surface area contributed by atoms with Crippen molar-refractivity contribution in [3.05, 3.63) is 0 Å². The average molecular weight is 415 g/mol. The summed E-state index contributed by atoms with van der Waals surface area (Å²) >= 11 is 0. The lowest BCUT2D eigenvalue weighted by atomic mass is 9.44. The molecule has 0 amide bonds. The maximum Gasteiger partial charge on any atom is 0.0701 e. The molecule has 3 nitrogen and oxygen atoms in total. The van der Waals surface area contributed by atoms with Gasteiger partial charge in [-0.2, -0.15) is 0 Å². The van der Waals surface area contributed by atoms with Crippen LogP contribution in [0.5, 0.6) is 0 Å². The van der Waals surface area contributed by atoms with E-state index in [4.69, 9.17) is 5.73 Å². The van der Waals surface area contributed by atoms with Gasteiger partial charge in [-0.3, -0.25) is 4.90 Å². The molecule has 0 radical (unpaired) electrons. The molecule has 0 bridgehead atoms. The van der Waals surface area contributed by atoms with Crippen LogP contribution in [-0.4, -0.2) is 40.8 Å². The van der Waals surface area contributed by atoms with Crippen LogP contribution in [0.15, 0.2) is 0 Å². The van der Waals surface area contributed by atoms with Crippen molar-refractivity contribution < 1.29 is 5.11 Å². The molecule has 30 heavy (non-hydrogen) atoms. The maximum absolute atomic E-state index is 11.0. The lowest BCUT2D eigenvalue weighted by Crippen LogP contribution is -2.55. The fourth-order valence-corrected chi connectivity index (χ4v) is 11.2. The second kappa shape index (κ2) is 6.70. The van der Waals surface area contributed by atoms with Crippen molar-refractivity contribution in [1.29, 1.82) is 0 Å². The van der Waals surface area contributed by atoms with Crippen LogP contribution in [0.25, 0.3) is 0 Å². The Bertz CT molecular complexity index is 696. The minimum absolute atomic E-state index is 0.103. The Labute approximate surface area is 184 Å². The minimum Gasteiger partial charge on any atom is -0.391 e. The van der Waals surface area contributed by atoms with Gasteiger partial charge in [-0.05, 0) is 110 Å². The van der Waals surface area contributed by atoms with E-state index in [1.54, 1.807) is 0 Å². The highest BCUT2D eigenvalue weighted by molar-refractivity contribution is 5.18. The second-order valence-electron chi connectivity index (χ2n) is 13.5. The molecule has 3 N–H and O–H groups in total. The molecular formula is C27H46N2O. The zero-order valence-electron chi connectivity index (χ0n) is 19.9. The third-order valence-corrected chi connectivity index (χ3v) is 12.3. The Morgan fingerprint density at radius 2 is 1.67 bits per heavy atom. The standard InChI is InChI=1S/C27H46N2O/c1-15-11-23(30)25-16(2)24-22(29(25)14-15)13-21-19-6-5-17-12-18(28)7-9-26(17,3)20(19)8-10-27(21,24)4/h15-25,30H,5-14,28H2,1-4H3/t15-,16+,17-,18-,19+,20-,21-,22-,23-,24-,25-,26-,27-/m0/s1.